The molecule has 2 amide bonds. The highest BCUT2D eigenvalue weighted by atomic mass is 32.2. The van der Waals surface area contributed by atoms with Crippen LogP contribution in [0.5, 0.6) is 0 Å². The third kappa shape index (κ3) is 6.49. The molecule has 138 valence electrons. The van der Waals surface area contributed by atoms with E-state index in [1.54, 1.807) is 12.1 Å². The summed E-state index contributed by atoms with van der Waals surface area (Å²) in [7, 11) is -3.80. The zero-order chi connectivity index (χ0) is 18.4. The van der Waals surface area contributed by atoms with E-state index in [-0.39, 0.29) is 6.04 Å². The number of rotatable bonds is 6. The molecule has 2 rings (SSSR count). The summed E-state index contributed by atoms with van der Waals surface area (Å²) in [6.45, 7) is 3.98. The molecule has 0 bridgehead atoms. The molecule has 2 atom stereocenters. The van der Waals surface area contributed by atoms with Gasteiger partial charge in [-0.3, -0.25) is 9.59 Å². The largest absolute Gasteiger partial charge is 0.352 e. The fourth-order valence-electron chi connectivity index (χ4n) is 3.06. The van der Waals surface area contributed by atoms with Gasteiger partial charge >= 0.3 is 0 Å². The summed E-state index contributed by atoms with van der Waals surface area (Å²) in [5.74, 6) is -2.17. The number of anilines is 1. The number of carbonyl (C=O) groups excluding carboxylic acids is 2. The van der Waals surface area contributed by atoms with E-state index in [0.717, 1.165) is 31.2 Å². The molecule has 0 spiro atoms. The van der Waals surface area contributed by atoms with Crippen LogP contribution in [-0.4, -0.2) is 37.8 Å². The van der Waals surface area contributed by atoms with Crippen molar-refractivity contribution in [3.8, 4) is 0 Å². The summed E-state index contributed by atoms with van der Waals surface area (Å²) in [5, 5.41) is 5.34. The van der Waals surface area contributed by atoms with Crippen LogP contribution in [0.3, 0.4) is 0 Å². The summed E-state index contributed by atoms with van der Waals surface area (Å²) in [5.41, 5.74) is 1.57. The Morgan fingerprint density at radius 1 is 1.04 bits per heavy atom. The number of nitrogens with one attached hydrogen (secondary N) is 2. The van der Waals surface area contributed by atoms with Crippen molar-refractivity contribution in [3.63, 3.8) is 0 Å². The van der Waals surface area contributed by atoms with E-state index in [0.29, 0.717) is 11.6 Å². The zero-order valence-electron chi connectivity index (χ0n) is 14.7. The van der Waals surface area contributed by atoms with Gasteiger partial charge in [0.15, 0.2) is 9.84 Å². The van der Waals surface area contributed by atoms with Gasteiger partial charge in [-0.15, -0.1) is 0 Å². The number of hydrogen-bond acceptors (Lipinski definition) is 4. The maximum Gasteiger partial charge on any atom is 0.239 e. The molecule has 0 aromatic heterocycles. The van der Waals surface area contributed by atoms with Crippen molar-refractivity contribution in [1.29, 1.82) is 0 Å². The lowest BCUT2D eigenvalue weighted by molar-refractivity contribution is -0.119. The highest BCUT2D eigenvalue weighted by Crippen LogP contribution is 2.23. The van der Waals surface area contributed by atoms with Crippen LogP contribution in [0, 0.1) is 12.8 Å². The molecule has 1 saturated carbocycles. The minimum Gasteiger partial charge on any atom is -0.352 e. The molecule has 1 aromatic rings. The molecule has 0 saturated heterocycles. The van der Waals surface area contributed by atoms with Crippen molar-refractivity contribution in [3.05, 3.63) is 29.8 Å². The lowest BCUT2D eigenvalue weighted by atomic mass is 9.86. The Balaban J connectivity index is 1.84. The molecule has 7 heteroatoms. The highest BCUT2D eigenvalue weighted by Gasteiger charge is 2.26. The number of benzene rings is 1. The van der Waals surface area contributed by atoms with Crippen molar-refractivity contribution in [2.75, 3.05) is 16.8 Å². The molecule has 0 heterocycles. The minimum absolute atomic E-state index is 0.0258. The molecule has 1 aromatic carbocycles. The van der Waals surface area contributed by atoms with Crippen LogP contribution in [0.15, 0.2) is 24.3 Å². The molecule has 0 radical (unpaired) electrons. The summed E-state index contributed by atoms with van der Waals surface area (Å²) in [4.78, 5) is 23.9. The number of amides is 2. The van der Waals surface area contributed by atoms with Crippen LogP contribution in [0.1, 0.15) is 38.2 Å². The fourth-order valence-corrected chi connectivity index (χ4v) is 4.12. The van der Waals surface area contributed by atoms with Gasteiger partial charge in [-0.2, -0.15) is 0 Å². The van der Waals surface area contributed by atoms with E-state index in [4.69, 9.17) is 0 Å². The molecule has 2 unspecified atom stereocenters. The summed E-state index contributed by atoms with van der Waals surface area (Å²) >= 11 is 0. The van der Waals surface area contributed by atoms with Gasteiger partial charge in [0.05, 0.1) is 0 Å². The number of hydrogen-bond donors (Lipinski definition) is 2. The molecule has 25 heavy (non-hydrogen) atoms. The highest BCUT2D eigenvalue weighted by molar-refractivity contribution is 7.92. The van der Waals surface area contributed by atoms with E-state index in [1.807, 2.05) is 19.1 Å². The first-order chi connectivity index (χ1) is 11.7. The first-order valence-electron chi connectivity index (χ1n) is 8.61. The van der Waals surface area contributed by atoms with Gasteiger partial charge in [-0.1, -0.05) is 37.5 Å². The molecular formula is C18H26N2O4S. The van der Waals surface area contributed by atoms with Crippen LogP contribution in [0.4, 0.5) is 5.69 Å². The Bertz CT molecular complexity index is 713. The van der Waals surface area contributed by atoms with Gasteiger partial charge in [-0.05, 0) is 37.8 Å². The quantitative estimate of drug-likeness (QED) is 0.806. The van der Waals surface area contributed by atoms with Crippen LogP contribution in [0.2, 0.25) is 0 Å². The van der Waals surface area contributed by atoms with Crippen molar-refractivity contribution in [2.45, 2.75) is 45.6 Å². The van der Waals surface area contributed by atoms with E-state index in [2.05, 4.69) is 17.6 Å². The monoisotopic (exact) mass is 366 g/mol. The summed E-state index contributed by atoms with van der Waals surface area (Å²) < 4.78 is 24.2. The Morgan fingerprint density at radius 3 is 2.28 bits per heavy atom. The first kappa shape index (κ1) is 19.4. The number of sulfone groups is 1. The second kappa shape index (κ2) is 8.47. The average molecular weight is 366 g/mol. The van der Waals surface area contributed by atoms with Gasteiger partial charge in [0, 0.05) is 11.7 Å². The second-order valence-electron chi connectivity index (χ2n) is 6.88. The van der Waals surface area contributed by atoms with E-state index >= 15 is 0 Å². The Labute approximate surface area is 149 Å². The van der Waals surface area contributed by atoms with Crippen LogP contribution in [0.25, 0.3) is 0 Å². The van der Waals surface area contributed by atoms with Gasteiger partial charge in [0.1, 0.15) is 11.5 Å². The zero-order valence-corrected chi connectivity index (χ0v) is 15.6. The van der Waals surface area contributed by atoms with Crippen molar-refractivity contribution >= 4 is 27.3 Å². The predicted octanol–water partition coefficient (Wildman–Crippen LogP) is 2.04. The number of aryl methyl sites for hydroxylation is 1. The smallest absolute Gasteiger partial charge is 0.239 e. The molecular weight excluding hydrogens is 340 g/mol. The Hall–Kier alpha value is -1.89. The van der Waals surface area contributed by atoms with E-state index in [9.17, 15) is 18.0 Å². The maximum atomic E-state index is 12.1. The van der Waals surface area contributed by atoms with Crippen LogP contribution < -0.4 is 10.6 Å². The molecule has 1 fully saturated rings. The van der Waals surface area contributed by atoms with Crippen molar-refractivity contribution in [2.24, 2.45) is 5.92 Å². The molecule has 2 N–H and O–H groups in total. The topological polar surface area (TPSA) is 92.3 Å². The normalized spacial score (nSPS) is 20.7. The lowest BCUT2D eigenvalue weighted by Gasteiger charge is -2.29. The van der Waals surface area contributed by atoms with Crippen LogP contribution >= 0.6 is 0 Å². The fraction of sp³-hybridized carbons (Fsp3) is 0.556. The van der Waals surface area contributed by atoms with E-state index in [1.165, 1.54) is 0 Å². The summed E-state index contributed by atoms with van der Waals surface area (Å²) in [6.07, 6.45) is 4.10. The molecule has 1 aliphatic rings. The van der Waals surface area contributed by atoms with Gasteiger partial charge in [0.2, 0.25) is 11.8 Å². The van der Waals surface area contributed by atoms with E-state index < -0.39 is 33.2 Å². The second-order valence-corrected chi connectivity index (χ2v) is 8.95. The third-order valence-corrected chi connectivity index (χ3v) is 5.90. The van der Waals surface area contributed by atoms with Gasteiger partial charge < -0.3 is 10.6 Å². The Morgan fingerprint density at radius 2 is 1.64 bits per heavy atom. The molecule has 6 nitrogen and oxygen atoms in total. The van der Waals surface area contributed by atoms with Crippen molar-refractivity contribution < 1.29 is 18.0 Å². The maximum absolute atomic E-state index is 12.1. The molecule has 0 aliphatic heterocycles. The van der Waals surface area contributed by atoms with Crippen molar-refractivity contribution in [1.82, 2.24) is 5.32 Å². The van der Waals surface area contributed by atoms with Gasteiger partial charge in [-0.25, -0.2) is 8.42 Å². The van der Waals surface area contributed by atoms with Crippen LogP contribution in [-0.2, 0) is 19.4 Å². The van der Waals surface area contributed by atoms with Gasteiger partial charge in [0.25, 0.3) is 0 Å². The third-order valence-electron chi connectivity index (χ3n) is 4.50. The SMILES string of the molecule is Cc1ccc(NC(=O)CS(=O)(=O)CC(=O)NC2CCCCC2C)cc1. The average Bonchev–Trinajstić information content (AvgIpc) is 2.50. The Kier molecular flexibility index (Phi) is 6.58. The lowest BCUT2D eigenvalue weighted by Crippen LogP contribution is -2.44. The minimum atomic E-state index is -3.80. The molecule has 1 aliphatic carbocycles. The number of carbonyl (C=O) groups is 2. The predicted molar refractivity (Wildman–Crippen MR) is 98.0 cm³/mol. The summed E-state index contributed by atoms with van der Waals surface area (Å²) in [6, 6.07) is 7.08. The standard InChI is InChI=1S/C18H26N2O4S/c1-13-7-9-15(10-8-13)19-17(21)11-25(23,24)12-18(22)20-16-6-4-3-5-14(16)2/h7-10,14,16H,3-6,11-12H2,1-2H3,(H,19,21)(H,20,22). The first-order valence-corrected chi connectivity index (χ1v) is 10.4.